The van der Waals surface area contributed by atoms with Crippen LogP contribution >= 0.6 is 23.5 Å². The summed E-state index contributed by atoms with van der Waals surface area (Å²) in [7, 11) is 1.50. The van der Waals surface area contributed by atoms with Gasteiger partial charge in [0.15, 0.2) is 5.78 Å². The van der Waals surface area contributed by atoms with E-state index in [4.69, 9.17) is 4.74 Å². The fourth-order valence-corrected chi connectivity index (χ4v) is 8.92. The maximum Gasteiger partial charge on any atom is 0.323 e. The number of hydrogen-bond donors (Lipinski definition) is 0. The number of ether oxygens (including phenoxy) is 1. The SMILES string of the molecule is COC(=O)C1CCCN1CCSC(C)(C)CC1CCN(CCSC(C)(C)CC2=CCCC(C(=O)C(C)(C)C)=C2)C1. The van der Waals surface area contributed by atoms with Crippen LogP contribution in [0.5, 0.6) is 0 Å². The second kappa shape index (κ2) is 14.6. The molecule has 0 radical (unpaired) electrons. The first kappa shape index (κ1) is 33.7. The van der Waals surface area contributed by atoms with Crippen molar-refractivity contribution in [3.05, 3.63) is 23.3 Å². The van der Waals surface area contributed by atoms with Crippen molar-refractivity contribution in [1.82, 2.24) is 9.80 Å². The number of ketones is 1. The van der Waals surface area contributed by atoms with Gasteiger partial charge in [-0.3, -0.25) is 14.5 Å². The highest BCUT2D eigenvalue weighted by Gasteiger charge is 2.33. The molecule has 0 aromatic carbocycles. The van der Waals surface area contributed by atoms with Crippen molar-refractivity contribution in [2.45, 2.75) is 109 Å². The summed E-state index contributed by atoms with van der Waals surface area (Å²) in [5.74, 6) is 3.22. The minimum atomic E-state index is -0.303. The second-order valence-electron chi connectivity index (χ2n) is 14.3. The number of carbonyl (C=O) groups excluding carboxylic acids is 2. The number of likely N-dealkylation sites (tertiary alicyclic amines) is 2. The van der Waals surface area contributed by atoms with Crippen LogP contribution in [-0.2, 0) is 14.3 Å². The summed E-state index contributed by atoms with van der Waals surface area (Å²) in [5.41, 5.74) is 2.04. The number of thioether (sulfide) groups is 2. The normalized spacial score (nSPS) is 23.3. The molecule has 0 amide bonds. The van der Waals surface area contributed by atoms with E-state index in [0.717, 1.165) is 74.7 Å². The Morgan fingerprint density at radius 3 is 2.38 bits per heavy atom. The lowest BCUT2D eigenvalue weighted by Crippen LogP contribution is -2.38. The maximum absolute atomic E-state index is 12.8. The van der Waals surface area contributed by atoms with Crippen molar-refractivity contribution in [3.8, 4) is 0 Å². The number of nitrogens with zero attached hydrogens (tertiary/aromatic N) is 2. The standard InChI is InChI=1S/C33H56N2O3S2/c1-31(2,3)29(36)27-12-9-11-25(21-27)22-32(4,5)39-19-17-34-16-14-26(24-34)23-33(6,7)40-20-18-35-15-10-13-28(35)30(37)38-8/h11,21,26,28H,9-10,12-20,22-24H2,1-8H3. The average Bonchev–Trinajstić information content (AvgIpc) is 3.51. The first-order valence-corrected chi connectivity index (χ1v) is 17.4. The van der Waals surface area contributed by atoms with E-state index in [0.29, 0.717) is 5.78 Å². The fraction of sp³-hybridized carbons (Fsp3) is 0.818. The van der Waals surface area contributed by atoms with Gasteiger partial charge in [-0.25, -0.2) is 0 Å². The molecule has 0 bridgehead atoms. The molecule has 5 nitrogen and oxygen atoms in total. The number of methoxy groups -OCH3 is 1. The first-order chi connectivity index (χ1) is 18.7. The Kier molecular flexibility index (Phi) is 12.3. The average molecular weight is 593 g/mol. The lowest BCUT2D eigenvalue weighted by molar-refractivity contribution is -0.145. The lowest BCUT2D eigenvalue weighted by Gasteiger charge is -2.30. The van der Waals surface area contributed by atoms with Gasteiger partial charge in [-0.05, 0) is 69.5 Å². The van der Waals surface area contributed by atoms with E-state index in [1.165, 1.54) is 38.6 Å². The summed E-state index contributed by atoms with van der Waals surface area (Å²) < 4.78 is 5.42. The quantitative estimate of drug-likeness (QED) is 0.201. The topological polar surface area (TPSA) is 49.9 Å². The van der Waals surface area contributed by atoms with Gasteiger partial charge in [-0.1, -0.05) is 66.2 Å². The number of Topliss-reactive ketones (excluding diaryl/α,β-unsaturated/α-hetero) is 1. The molecule has 0 N–H and O–H groups in total. The van der Waals surface area contributed by atoms with Crippen LogP contribution in [0.1, 0.15) is 93.4 Å². The van der Waals surface area contributed by atoms with Crippen LogP contribution < -0.4 is 0 Å². The third-order valence-electron chi connectivity index (χ3n) is 8.54. The molecule has 228 valence electrons. The zero-order valence-electron chi connectivity index (χ0n) is 26.6. The molecule has 2 aliphatic heterocycles. The number of rotatable bonds is 14. The summed E-state index contributed by atoms with van der Waals surface area (Å²) in [6, 6.07) is -0.0362. The van der Waals surface area contributed by atoms with Gasteiger partial charge in [0.05, 0.1) is 7.11 Å². The first-order valence-electron chi connectivity index (χ1n) is 15.5. The molecule has 0 saturated carbocycles. The third-order valence-corrected chi connectivity index (χ3v) is 11.2. The molecule has 1 aliphatic carbocycles. The van der Waals surface area contributed by atoms with E-state index in [1.54, 1.807) is 0 Å². The molecular weight excluding hydrogens is 537 g/mol. The van der Waals surface area contributed by atoms with Gasteiger partial charge in [0, 0.05) is 46.0 Å². The van der Waals surface area contributed by atoms with Crippen LogP contribution in [0.25, 0.3) is 0 Å². The summed E-state index contributed by atoms with van der Waals surface area (Å²) in [4.78, 5) is 29.8. The molecule has 40 heavy (non-hydrogen) atoms. The maximum atomic E-state index is 12.8. The molecule has 7 heteroatoms. The predicted molar refractivity (Wildman–Crippen MR) is 173 cm³/mol. The summed E-state index contributed by atoms with van der Waals surface area (Å²) >= 11 is 4.15. The minimum absolute atomic E-state index is 0.0362. The third kappa shape index (κ3) is 10.5. The Morgan fingerprint density at radius 1 is 0.975 bits per heavy atom. The molecule has 0 aromatic heterocycles. The number of carbonyl (C=O) groups is 2. The summed E-state index contributed by atoms with van der Waals surface area (Å²) in [5, 5.41) is 0. The van der Waals surface area contributed by atoms with E-state index >= 15 is 0 Å². The zero-order valence-corrected chi connectivity index (χ0v) is 28.3. The van der Waals surface area contributed by atoms with Gasteiger partial charge >= 0.3 is 5.97 Å². The van der Waals surface area contributed by atoms with Crippen molar-refractivity contribution in [1.29, 1.82) is 0 Å². The molecule has 2 atom stereocenters. The van der Waals surface area contributed by atoms with E-state index in [1.807, 2.05) is 20.8 Å². The van der Waals surface area contributed by atoms with Crippen molar-refractivity contribution in [2.24, 2.45) is 11.3 Å². The Hall–Kier alpha value is -0.760. The Balaban J connectivity index is 1.36. The van der Waals surface area contributed by atoms with Crippen LogP contribution in [0.2, 0.25) is 0 Å². The van der Waals surface area contributed by atoms with Gasteiger partial charge in [0.1, 0.15) is 6.04 Å². The molecular formula is C33H56N2O3S2. The van der Waals surface area contributed by atoms with Crippen LogP contribution in [-0.4, -0.2) is 88.4 Å². The molecule has 2 unspecified atom stereocenters. The second-order valence-corrected chi connectivity index (χ2v) is 17.9. The molecule has 3 aliphatic rings. The Morgan fingerprint density at radius 2 is 1.68 bits per heavy atom. The van der Waals surface area contributed by atoms with Crippen LogP contribution in [0, 0.1) is 11.3 Å². The van der Waals surface area contributed by atoms with Crippen LogP contribution in [0.15, 0.2) is 23.3 Å². The molecule has 0 aromatic rings. The van der Waals surface area contributed by atoms with Gasteiger partial charge < -0.3 is 9.64 Å². The summed E-state index contributed by atoms with van der Waals surface area (Å²) in [6.07, 6.45) is 12.0. The van der Waals surface area contributed by atoms with Gasteiger partial charge in [0.25, 0.3) is 0 Å². The van der Waals surface area contributed by atoms with E-state index in [9.17, 15) is 9.59 Å². The molecule has 2 fully saturated rings. The molecule has 2 heterocycles. The summed E-state index contributed by atoms with van der Waals surface area (Å²) in [6.45, 7) is 21.1. The zero-order chi connectivity index (χ0) is 29.6. The van der Waals surface area contributed by atoms with Gasteiger partial charge in [0.2, 0.25) is 0 Å². The largest absolute Gasteiger partial charge is 0.468 e. The Labute approximate surface area is 253 Å². The minimum Gasteiger partial charge on any atom is -0.468 e. The van der Waals surface area contributed by atoms with Crippen LogP contribution in [0.4, 0.5) is 0 Å². The Bertz CT molecular complexity index is 934. The van der Waals surface area contributed by atoms with E-state index in [-0.39, 0.29) is 26.9 Å². The highest BCUT2D eigenvalue weighted by atomic mass is 32.2. The molecule has 0 spiro atoms. The lowest BCUT2D eigenvalue weighted by atomic mass is 9.81. The fourth-order valence-electron chi connectivity index (χ4n) is 6.52. The number of allylic oxidation sites excluding steroid dienone is 4. The highest BCUT2D eigenvalue weighted by molar-refractivity contribution is 8.00. The van der Waals surface area contributed by atoms with E-state index < -0.39 is 0 Å². The molecule has 2 saturated heterocycles. The molecule has 3 rings (SSSR count). The van der Waals surface area contributed by atoms with Crippen molar-refractivity contribution >= 4 is 35.3 Å². The number of hydrogen-bond acceptors (Lipinski definition) is 7. The van der Waals surface area contributed by atoms with Crippen LogP contribution in [0.3, 0.4) is 0 Å². The number of esters is 1. The monoisotopic (exact) mass is 592 g/mol. The smallest absolute Gasteiger partial charge is 0.323 e. The van der Waals surface area contributed by atoms with Gasteiger partial charge in [-0.15, -0.1) is 0 Å². The predicted octanol–water partition coefficient (Wildman–Crippen LogP) is 7.01. The highest BCUT2D eigenvalue weighted by Crippen LogP contribution is 2.37. The van der Waals surface area contributed by atoms with Crippen molar-refractivity contribution in [3.63, 3.8) is 0 Å². The van der Waals surface area contributed by atoms with E-state index in [2.05, 4.69) is 73.2 Å². The van der Waals surface area contributed by atoms with Crippen molar-refractivity contribution < 1.29 is 14.3 Å². The van der Waals surface area contributed by atoms with Crippen molar-refractivity contribution in [2.75, 3.05) is 51.3 Å². The van der Waals surface area contributed by atoms with Gasteiger partial charge in [-0.2, -0.15) is 23.5 Å².